The van der Waals surface area contributed by atoms with Crippen LogP contribution in [0.3, 0.4) is 0 Å². The van der Waals surface area contributed by atoms with E-state index < -0.39 is 4.92 Å². The Morgan fingerprint density at radius 1 is 1.38 bits per heavy atom. The Labute approximate surface area is 97.4 Å². The van der Waals surface area contributed by atoms with Gasteiger partial charge in [0.25, 0.3) is 5.69 Å². The van der Waals surface area contributed by atoms with Crippen LogP contribution in [0.2, 0.25) is 0 Å². The fraction of sp³-hybridized carbons (Fsp3) is 0. The molecule has 0 saturated heterocycles. The van der Waals surface area contributed by atoms with Crippen LogP contribution >= 0.6 is 12.4 Å². The van der Waals surface area contributed by atoms with Gasteiger partial charge in [0.15, 0.2) is 0 Å². The standard InChI is InChI=1S/C8H9N5O2.ClH/c9-8(10)12-11-5-6-3-1-2-4-7(6)13(14)15;/h1-5H,(H4,9,10,12);1H/b11-5+;. The quantitative estimate of drug-likeness (QED) is 0.350. The van der Waals surface area contributed by atoms with Crippen molar-refractivity contribution in [2.24, 2.45) is 21.7 Å². The van der Waals surface area contributed by atoms with Gasteiger partial charge < -0.3 is 11.5 Å². The van der Waals surface area contributed by atoms with Crippen molar-refractivity contribution < 1.29 is 4.92 Å². The van der Waals surface area contributed by atoms with Crippen molar-refractivity contribution in [3.05, 3.63) is 39.9 Å². The fourth-order valence-corrected chi connectivity index (χ4v) is 0.921. The molecule has 0 radical (unpaired) electrons. The first kappa shape index (κ1) is 13.8. The average Bonchev–Trinajstić information content (AvgIpc) is 2.17. The second kappa shape index (κ2) is 6.36. The van der Waals surface area contributed by atoms with Gasteiger partial charge in [-0.2, -0.15) is 5.10 Å². The summed E-state index contributed by atoms with van der Waals surface area (Å²) >= 11 is 0. The minimum atomic E-state index is -0.503. The number of hydrogen-bond donors (Lipinski definition) is 2. The van der Waals surface area contributed by atoms with Crippen molar-refractivity contribution in [2.45, 2.75) is 0 Å². The van der Waals surface area contributed by atoms with Gasteiger partial charge in [0, 0.05) is 6.07 Å². The molecule has 0 aliphatic carbocycles. The number of para-hydroxylation sites is 1. The zero-order valence-corrected chi connectivity index (χ0v) is 8.92. The van der Waals surface area contributed by atoms with Crippen LogP contribution in [0, 0.1) is 10.1 Å². The van der Waals surface area contributed by atoms with E-state index >= 15 is 0 Å². The molecular formula is C8H10ClN5O2. The van der Waals surface area contributed by atoms with E-state index in [0.29, 0.717) is 5.56 Å². The molecule has 1 aromatic carbocycles. The molecule has 0 fully saturated rings. The van der Waals surface area contributed by atoms with E-state index in [9.17, 15) is 10.1 Å². The topological polar surface area (TPSA) is 120 Å². The molecular weight excluding hydrogens is 234 g/mol. The van der Waals surface area contributed by atoms with E-state index in [1.807, 2.05) is 0 Å². The summed E-state index contributed by atoms with van der Waals surface area (Å²) in [5.74, 6) is -0.204. The van der Waals surface area contributed by atoms with Gasteiger partial charge in [-0.25, -0.2) is 0 Å². The molecule has 0 amide bonds. The third-order valence-corrected chi connectivity index (χ3v) is 1.50. The predicted molar refractivity (Wildman–Crippen MR) is 63.7 cm³/mol. The van der Waals surface area contributed by atoms with Gasteiger partial charge in [-0.3, -0.25) is 10.1 Å². The van der Waals surface area contributed by atoms with E-state index in [0.717, 1.165) is 0 Å². The summed E-state index contributed by atoms with van der Waals surface area (Å²) < 4.78 is 0. The lowest BCUT2D eigenvalue weighted by Crippen LogP contribution is -2.21. The third kappa shape index (κ3) is 3.93. The molecule has 8 heteroatoms. The Morgan fingerprint density at radius 2 is 2.00 bits per heavy atom. The van der Waals surface area contributed by atoms with Crippen LogP contribution < -0.4 is 11.5 Å². The van der Waals surface area contributed by atoms with Crippen LogP contribution in [0.5, 0.6) is 0 Å². The number of nitrogens with zero attached hydrogens (tertiary/aromatic N) is 3. The lowest BCUT2D eigenvalue weighted by atomic mass is 10.2. The smallest absolute Gasteiger partial charge is 0.278 e. The van der Waals surface area contributed by atoms with Gasteiger partial charge in [-0.1, -0.05) is 12.1 Å². The molecule has 16 heavy (non-hydrogen) atoms. The van der Waals surface area contributed by atoms with E-state index in [-0.39, 0.29) is 24.1 Å². The Morgan fingerprint density at radius 3 is 2.56 bits per heavy atom. The fourth-order valence-electron chi connectivity index (χ4n) is 0.921. The van der Waals surface area contributed by atoms with Gasteiger partial charge in [-0.05, 0) is 6.07 Å². The highest BCUT2D eigenvalue weighted by Crippen LogP contribution is 2.15. The van der Waals surface area contributed by atoms with Crippen molar-refractivity contribution >= 4 is 30.3 Å². The average molecular weight is 244 g/mol. The first-order valence-electron chi connectivity index (χ1n) is 3.96. The van der Waals surface area contributed by atoms with Crippen molar-refractivity contribution in [1.29, 1.82) is 0 Å². The zero-order valence-electron chi connectivity index (χ0n) is 8.11. The van der Waals surface area contributed by atoms with Crippen molar-refractivity contribution in [3.8, 4) is 0 Å². The maximum Gasteiger partial charge on any atom is 0.278 e. The normalized spacial score (nSPS) is 9.50. The minimum Gasteiger partial charge on any atom is -0.369 e. The Kier molecular flexibility index (Phi) is 5.50. The summed E-state index contributed by atoms with van der Waals surface area (Å²) in [5, 5.41) is 17.4. The van der Waals surface area contributed by atoms with E-state index in [1.54, 1.807) is 18.2 Å². The second-order valence-electron chi connectivity index (χ2n) is 2.59. The zero-order chi connectivity index (χ0) is 11.3. The number of nitrogens with two attached hydrogens (primary N) is 2. The number of nitro groups is 1. The molecule has 0 heterocycles. The van der Waals surface area contributed by atoms with Crippen LogP contribution in [-0.4, -0.2) is 17.1 Å². The summed E-state index contributed by atoms with van der Waals surface area (Å²) in [6.45, 7) is 0. The van der Waals surface area contributed by atoms with Gasteiger partial charge in [0.1, 0.15) is 0 Å². The predicted octanol–water partition coefficient (Wildman–Crippen LogP) is 0.624. The lowest BCUT2D eigenvalue weighted by molar-refractivity contribution is -0.385. The van der Waals surface area contributed by atoms with E-state index in [4.69, 9.17) is 11.5 Å². The third-order valence-electron chi connectivity index (χ3n) is 1.50. The van der Waals surface area contributed by atoms with Gasteiger partial charge in [0.05, 0.1) is 16.7 Å². The summed E-state index contributed by atoms with van der Waals surface area (Å²) in [4.78, 5) is 10.1. The number of halogens is 1. The number of hydrogen-bond acceptors (Lipinski definition) is 4. The molecule has 0 spiro atoms. The summed E-state index contributed by atoms with van der Waals surface area (Å²) in [6, 6.07) is 6.14. The molecule has 86 valence electrons. The molecule has 0 aliphatic heterocycles. The molecule has 4 N–H and O–H groups in total. The highest BCUT2D eigenvalue weighted by molar-refractivity contribution is 5.86. The Balaban J connectivity index is 0.00000225. The number of nitro benzene ring substituents is 1. The van der Waals surface area contributed by atoms with Gasteiger partial charge >= 0.3 is 0 Å². The minimum absolute atomic E-state index is 0. The summed E-state index contributed by atoms with van der Waals surface area (Å²) in [5.41, 5.74) is 10.4. The Bertz CT molecular complexity index is 428. The molecule has 7 nitrogen and oxygen atoms in total. The number of guanidine groups is 1. The molecule has 0 aromatic heterocycles. The molecule has 0 saturated carbocycles. The van der Waals surface area contributed by atoms with Crippen LogP contribution in [0.1, 0.15) is 5.56 Å². The Hall–Kier alpha value is -2.15. The van der Waals surface area contributed by atoms with Gasteiger partial charge in [-0.15, -0.1) is 17.5 Å². The first-order chi connectivity index (χ1) is 7.11. The van der Waals surface area contributed by atoms with Crippen molar-refractivity contribution in [2.75, 3.05) is 0 Å². The molecule has 0 unspecified atom stereocenters. The second-order valence-corrected chi connectivity index (χ2v) is 2.59. The van der Waals surface area contributed by atoms with Crippen LogP contribution in [0.25, 0.3) is 0 Å². The highest BCUT2D eigenvalue weighted by atomic mass is 35.5. The summed E-state index contributed by atoms with van der Waals surface area (Å²) in [7, 11) is 0. The largest absolute Gasteiger partial charge is 0.369 e. The molecule has 0 bridgehead atoms. The summed E-state index contributed by atoms with van der Waals surface area (Å²) in [6.07, 6.45) is 1.22. The lowest BCUT2D eigenvalue weighted by Gasteiger charge is -1.94. The molecule has 0 atom stereocenters. The maximum atomic E-state index is 10.6. The maximum absolute atomic E-state index is 10.6. The first-order valence-corrected chi connectivity index (χ1v) is 3.96. The van der Waals surface area contributed by atoms with Crippen molar-refractivity contribution in [1.82, 2.24) is 0 Å². The SMILES string of the molecule is Cl.NC(N)=N/N=C/c1ccccc1[N+](=O)[O-]. The van der Waals surface area contributed by atoms with Crippen molar-refractivity contribution in [3.63, 3.8) is 0 Å². The van der Waals surface area contributed by atoms with Crippen LogP contribution in [0.15, 0.2) is 34.5 Å². The molecule has 1 aromatic rings. The van der Waals surface area contributed by atoms with E-state index in [2.05, 4.69) is 10.2 Å². The van der Waals surface area contributed by atoms with E-state index in [1.165, 1.54) is 12.3 Å². The molecule has 1 rings (SSSR count). The van der Waals surface area contributed by atoms with Gasteiger partial charge in [0.2, 0.25) is 5.96 Å². The monoisotopic (exact) mass is 243 g/mol. The molecule has 0 aliphatic rings. The number of benzene rings is 1. The number of rotatable bonds is 3. The van der Waals surface area contributed by atoms with Crippen LogP contribution in [0.4, 0.5) is 5.69 Å². The van der Waals surface area contributed by atoms with Crippen LogP contribution in [-0.2, 0) is 0 Å². The highest BCUT2D eigenvalue weighted by Gasteiger charge is 2.09.